The van der Waals surface area contributed by atoms with E-state index in [1.54, 1.807) is 11.3 Å². The lowest BCUT2D eigenvalue weighted by atomic mass is 9.98. The molecule has 2 nitrogen and oxygen atoms in total. The quantitative estimate of drug-likeness (QED) is 0.882. The summed E-state index contributed by atoms with van der Waals surface area (Å²) in [6.07, 6.45) is 0. The molecule has 0 aliphatic carbocycles. The van der Waals surface area contributed by atoms with Gasteiger partial charge in [-0.1, -0.05) is 29.8 Å². The SMILES string of the molecule is CC(N)C(c1ccc(Cl)cc1)N(C)C(C)c1cccs1. The lowest BCUT2D eigenvalue weighted by molar-refractivity contribution is 0.168. The molecule has 1 aromatic carbocycles. The standard InChI is InChI=1S/C16H21ClN2S/c1-11(18)16(13-6-8-14(17)9-7-13)19(3)12(2)15-5-4-10-20-15/h4-12,16H,18H2,1-3H3. The number of thiophene rings is 1. The molecule has 3 atom stereocenters. The van der Waals surface area contributed by atoms with E-state index in [9.17, 15) is 0 Å². The topological polar surface area (TPSA) is 29.3 Å². The molecular formula is C16H21ClN2S. The maximum atomic E-state index is 6.23. The zero-order valence-electron chi connectivity index (χ0n) is 12.1. The Morgan fingerprint density at radius 1 is 1.15 bits per heavy atom. The van der Waals surface area contributed by atoms with Crippen molar-refractivity contribution >= 4 is 22.9 Å². The number of hydrogen-bond donors (Lipinski definition) is 1. The number of rotatable bonds is 5. The number of nitrogens with two attached hydrogens (primary N) is 1. The van der Waals surface area contributed by atoms with Crippen LogP contribution in [0.3, 0.4) is 0 Å². The van der Waals surface area contributed by atoms with E-state index in [0.29, 0.717) is 6.04 Å². The number of likely N-dealkylation sites (N-methyl/N-ethyl adjacent to an activating group) is 1. The lowest BCUT2D eigenvalue weighted by Crippen LogP contribution is -2.38. The molecule has 4 heteroatoms. The largest absolute Gasteiger partial charge is 0.326 e. The van der Waals surface area contributed by atoms with E-state index in [1.165, 1.54) is 10.4 Å². The Balaban J connectivity index is 2.26. The van der Waals surface area contributed by atoms with E-state index in [4.69, 9.17) is 17.3 Å². The first-order chi connectivity index (χ1) is 9.50. The summed E-state index contributed by atoms with van der Waals surface area (Å²) in [5, 5.41) is 2.87. The van der Waals surface area contributed by atoms with Crippen molar-refractivity contribution in [1.82, 2.24) is 4.90 Å². The molecule has 2 N–H and O–H groups in total. The molecule has 3 unspecified atom stereocenters. The second-order valence-corrected chi connectivity index (χ2v) is 6.63. The molecule has 108 valence electrons. The van der Waals surface area contributed by atoms with Crippen LogP contribution in [0, 0.1) is 0 Å². The van der Waals surface area contributed by atoms with Gasteiger partial charge in [0.25, 0.3) is 0 Å². The van der Waals surface area contributed by atoms with Crippen LogP contribution in [0.2, 0.25) is 5.02 Å². The Bertz CT molecular complexity index is 522. The highest BCUT2D eigenvalue weighted by Crippen LogP contribution is 2.32. The third kappa shape index (κ3) is 3.41. The van der Waals surface area contributed by atoms with Crippen LogP contribution in [0.1, 0.15) is 36.4 Å². The zero-order chi connectivity index (χ0) is 14.7. The van der Waals surface area contributed by atoms with Gasteiger partial charge in [-0.05, 0) is 50.0 Å². The number of benzene rings is 1. The van der Waals surface area contributed by atoms with Gasteiger partial charge in [-0.2, -0.15) is 0 Å². The fraction of sp³-hybridized carbons (Fsp3) is 0.375. The summed E-state index contributed by atoms with van der Waals surface area (Å²) < 4.78 is 0. The third-order valence-corrected chi connectivity index (χ3v) is 5.01. The first-order valence-electron chi connectivity index (χ1n) is 6.77. The summed E-state index contributed by atoms with van der Waals surface area (Å²) in [5.41, 5.74) is 7.43. The molecule has 0 saturated carbocycles. The Labute approximate surface area is 130 Å². The highest BCUT2D eigenvalue weighted by molar-refractivity contribution is 7.10. The predicted octanol–water partition coefficient (Wildman–Crippen LogP) is 4.48. The first kappa shape index (κ1) is 15.5. The summed E-state index contributed by atoms with van der Waals surface area (Å²) >= 11 is 7.76. The van der Waals surface area contributed by atoms with Crippen molar-refractivity contribution < 1.29 is 0 Å². The molecule has 1 aromatic heterocycles. The predicted molar refractivity (Wildman–Crippen MR) is 88.3 cm³/mol. The highest BCUT2D eigenvalue weighted by Gasteiger charge is 2.26. The maximum Gasteiger partial charge on any atom is 0.0499 e. The minimum atomic E-state index is 0.0450. The lowest BCUT2D eigenvalue weighted by Gasteiger charge is -2.35. The average Bonchev–Trinajstić information content (AvgIpc) is 2.94. The third-order valence-electron chi connectivity index (χ3n) is 3.71. The van der Waals surface area contributed by atoms with Crippen LogP contribution < -0.4 is 5.73 Å². The monoisotopic (exact) mass is 308 g/mol. The van der Waals surface area contributed by atoms with Gasteiger partial charge in [0.1, 0.15) is 0 Å². The fourth-order valence-corrected chi connectivity index (χ4v) is 3.50. The minimum absolute atomic E-state index is 0.0450. The average molecular weight is 309 g/mol. The van der Waals surface area contributed by atoms with Crippen molar-refractivity contribution in [3.05, 3.63) is 57.2 Å². The van der Waals surface area contributed by atoms with E-state index >= 15 is 0 Å². The van der Waals surface area contributed by atoms with Crippen molar-refractivity contribution in [2.24, 2.45) is 5.73 Å². The molecule has 0 radical (unpaired) electrons. The molecule has 0 aliphatic rings. The molecule has 0 saturated heterocycles. The molecule has 0 fully saturated rings. The summed E-state index contributed by atoms with van der Waals surface area (Å²) in [7, 11) is 2.13. The highest BCUT2D eigenvalue weighted by atomic mass is 35.5. The Morgan fingerprint density at radius 3 is 2.30 bits per heavy atom. The number of nitrogens with zero attached hydrogens (tertiary/aromatic N) is 1. The molecular weight excluding hydrogens is 288 g/mol. The van der Waals surface area contributed by atoms with Crippen molar-refractivity contribution in [2.75, 3.05) is 7.05 Å². The van der Waals surface area contributed by atoms with Gasteiger partial charge in [0.15, 0.2) is 0 Å². The van der Waals surface area contributed by atoms with E-state index in [2.05, 4.69) is 55.4 Å². The van der Waals surface area contributed by atoms with Gasteiger partial charge >= 0.3 is 0 Å². The molecule has 1 heterocycles. The molecule has 0 amide bonds. The molecule has 20 heavy (non-hydrogen) atoms. The first-order valence-corrected chi connectivity index (χ1v) is 8.03. The van der Waals surface area contributed by atoms with Crippen LogP contribution in [0.25, 0.3) is 0 Å². The van der Waals surface area contributed by atoms with Gasteiger partial charge in [-0.15, -0.1) is 11.3 Å². The Kier molecular flexibility index (Phi) is 5.22. The van der Waals surface area contributed by atoms with Gasteiger partial charge < -0.3 is 5.73 Å². The number of halogens is 1. The second kappa shape index (κ2) is 6.72. The van der Waals surface area contributed by atoms with Crippen LogP contribution in [-0.4, -0.2) is 18.0 Å². The summed E-state index contributed by atoms with van der Waals surface area (Å²) in [5.74, 6) is 0. The van der Waals surface area contributed by atoms with E-state index in [0.717, 1.165) is 5.02 Å². The van der Waals surface area contributed by atoms with Crippen LogP contribution in [0.5, 0.6) is 0 Å². The van der Waals surface area contributed by atoms with E-state index in [1.807, 2.05) is 12.1 Å². The molecule has 2 rings (SSSR count). The zero-order valence-corrected chi connectivity index (χ0v) is 13.7. The van der Waals surface area contributed by atoms with Gasteiger partial charge in [0.05, 0.1) is 0 Å². The van der Waals surface area contributed by atoms with Crippen molar-refractivity contribution in [3.63, 3.8) is 0 Å². The van der Waals surface area contributed by atoms with Crippen molar-refractivity contribution in [3.8, 4) is 0 Å². The molecule has 2 aromatic rings. The van der Waals surface area contributed by atoms with Gasteiger partial charge in [0.2, 0.25) is 0 Å². The van der Waals surface area contributed by atoms with E-state index in [-0.39, 0.29) is 12.1 Å². The summed E-state index contributed by atoms with van der Waals surface area (Å²) in [6.45, 7) is 4.27. The van der Waals surface area contributed by atoms with Crippen molar-refractivity contribution in [2.45, 2.75) is 32.0 Å². The maximum absolute atomic E-state index is 6.23. The molecule has 0 aliphatic heterocycles. The molecule has 0 spiro atoms. The van der Waals surface area contributed by atoms with Crippen LogP contribution in [-0.2, 0) is 0 Å². The number of hydrogen-bond acceptors (Lipinski definition) is 3. The smallest absolute Gasteiger partial charge is 0.0499 e. The minimum Gasteiger partial charge on any atom is -0.326 e. The normalized spacial score (nSPS) is 16.1. The Hall–Kier alpha value is -0.870. The second-order valence-electron chi connectivity index (χ2n) is 5.21. The van der Waals surface area contributed by atoms with Crippen LogP contribution in [0.15, 0.2) is 41.8 Å². The van der Waals surface area contributed by atoms with Crippen molar-refractivity contribution in [1.29, 1.82) is 0 Å². The molecule has 0 bridgehead atoms. The van der Waals surface area contributed by atoms with Gasteiger partial charge in [0, 0.05) is 28.0 Å². The van der Waals surface area contributed by atoms with Gasteiger partial charge in [-0.3, -0.25) is 4.90 Å². The fourth-order valence-electron chi connectivity index (χ4n) is 2.54. The van der Waals surface area contributed by atoms with Crippen LogP contribution in [0.4, 0.5) is 0 Å². The summed E-state index contributed by atoms with van der Waals surface area (Å²) in [6, 6.07) is 12.8. The van der Waals surface area contributed by atoms with Crippen LogP contribution >= 0.6 is 22.9 Å². The van der Waals surface area contributed by atoms with E-state index < -0.39 is 0 Å². The Morgan fingerprint density at radius 2 is 1.80 bits per heavy atom. The summed E-state index contributed by atoms with van der Waals surface area (Å²) in [4.78, 5) is 3.69. The van der Waals surface area contributed by atoms with Gasteiger partial charge in [-0.25, -0.2) is 0 Å².